The van der Waals surface area contributed by atoms with Crippen LogP contribution < -0.4 is 15.6 Å². The second-order valence-corrected chi connectivity index (χ2v) is 8.39. The number of nitrogens with one attached hydrogen (secondary N) is 2. The van der Waals surface area contributed by atoms with E-state index in [0.29, 0.717) is 23.8 Å². The molecule has 0 bridgehead atoms. The normalized spacial score (nSPS) is 11.1. The molecule has 1 aromatic heterocycles. The first-order chi connectivity index (χ1) is 15.9. The molecule has 0 unspecified atom stereocenters. The van der Waals surface area contributed by atoms with Gasteiger partial charge in [-0.05, 0) is 80.4 Å². The number of hydrogen-bond acceptors (Lipinski definition) is 4. The minimum atomic E-state index is -0.0755. The van der Waals surface area contributed by atoms with Crippen molar-refractivity contribution in [1.82, 2.24) is 14.8 Å². The largest absolute Gasteiger partial charge is 0.494 e. The van der Waals surface area contributed by atoms with Crippen LogP contribution >= 0.6 is 12.2 Å². The van der Waals surface area contributed by atoms with Gasteiger partial charge in [0.05, 0.1) is 18.7 Å². The minimum Gasteiger partial charge on any atom is -0.494 e. The van der Waals surface area contributed by atoms with E-state index < -0.39 is 0 Å². The molecule has 0 saturated carbocycles. The highest BCUT2D eigenvalue weighted by molar-refractivity contribution is 7.80. The molecule has 0 fully saturated rings. The Kier molecular flexibility index (Phi) is 8.86. The molecule has 3 aromatic rings. The lowest BCUT2D eigenvalue weighted by molar-refractivity contribution is 0.266. The van der Waals surface area contributed by atoms with Crippen molar-refractivity contribution < 1.29 is 4.74 Å². The molecule has 2 aromatic carbocycles. The highest BCUT2D eigenvalue weighted by atomic mass is 32.1. The van der Waals surface area contributed by atoms with Crippen molar-refractivity contribution in [3.63, 3.8) is 0 Å². The molecule has 0 spiro atoms. The zero-order valence-corrected chi connectivity index (χ0v) is 20.8. The highest BCUT2D eigenvalue weighted by Gasteiger charge is 2.15. The molecular weight excluding hydrogens is 432 g/mol. The monoisotopic (exact) mass is 466 g/mol. The van der Waals surface area contributed by atoms with Gasteiger partial charge in [-0.2, -0.15) is 0 Å². The van der Waals surface area contributed by atoms with Gasteiger partial charge in [0, 0.05) is 24.3 Å². The third-order valence-corrected chi connectivity index (χ3v) is 6.17. The maximum Gasteiger partial charge on any atom is 0.253 e. The summed E-state index contributed by atoms with van der Waals surface area (Å²) < 4.78 is 5.52. The maximum absolute atomic E-state index is 12.9. The third-order valence-electron chi connectivity index (χ3n) is 5.81. The number of likely N-dealkylation sites (N-methyl/N-ethyl adjacent to an activating group) is 1. The fourth-order valence-electron chi connectivity index (χ4n) is 3.81. The van der Waals surface area contributed by atoms with Crippen molar-refractivity contribution >= 4 is 33.9 Å². The summed E-state index contributed by atoms with van der Waals surface area (Å²) in [5, 5.41) is 4.95. The van der Waals surface area contributed by atoms with Gasteiger partial charge in [0.2, 0.25) is 0 Å². The molecule has 3 rings (SSSR count). The first-order valence-corrected chi connectivity index (χ1v) is 12.0. The number of nitrogens with zero attached hydrogens (tertiary/aromatic N) is 2. The van der Waals surface area contributed by atoms with Crippen LogP contribution in [-0.4, -0.2) is 52.7 Å². The van der Waals surface area contributed by atoms with Gasteiger partial charge in [-0.15, -0.1) is 0 Å². The van der Waals surface area contributed by atoms with Crippen molar-refractivity contribution in [2.24, 2.45) is 0 Å². The first-order valence-electron chi connectivity index (χ1n) is 11.6. The van der Waals surface area contributed by atoms with E-state index in [-0.39, 0.29) is 5.56 Å². The van der Waals surface area contributed by atoms with Gasteiger partial charge in [-0.1, -0.05) is 32.0 Å². The third kappa shape index (κ3) is 6.55. The number of thiocarbonyl (C=S) groups is 1. The number of aryl methyl sites for hydroxylation is 1. The number of benzene rings is 2. The number of para-hydroxylation sites is 1. The molecule has 0 saturated heterocycles. The predicted octanol–water partition coefficient (Wildman–Crippen LogP) is 4.78. The van der Waals surface area contributed by atoms with Crippen LogP contribution in [0.25, 0.3) is 10.9 Å². The molecule has 176 valence electrons. The lowest BCUT2D eigenvalue weighted by Gasteiger charge is -2.29. The molecule has 0 atom stereocenters. The molecule has 0 aliphatic heterocycles. The number of H-pyrrole nitrogens is 1. The van der Waals surface area contributed by atoms with Crippen LogP contribution in [0.1, 0.15) is 31.9 Å². The summed E-state index contributed by atoms with van der Waals surface area (Å²) in [6.07, 6.45) is 0. The number of anilines is 1. The summed E-state index contributed by atoms with van der Waals surface area (Å²) >= 11 is 5.78. The van der Waals surface area contributed by atoms with Crippen molar-refractivity contribution in [2.75, 3.05) is 38.1 Å². The Morgan fingerprint density at radius 1 is 1.06 bits per heavy atom. The van der Waals surface area contributed by atoms with Gasteiger partial charge in [0.1, 0.15) is 5.75 Å². The minimum absolute atomic E-state index is 0.0755. The van der Waals surface area contributed by atoms with E-state index in [1.165, 1.54) is 0 Å². The first kappa shape index (κ1) is 24.7. The number of hydrogen-bond donors (Lipinski definition) is 2. The zero-order valence-electron chi connectivity index (χ0n) is 20.0. The van der Waals surface area contributed by atoms with Crippen LogP contribution in [0.5, 0.6) is 5.75 Å². The molecule has 1 heterocycles. The Morgan fingerprint density at radius 3 is 2.45 bits per heavy atom. The number of aromatic nitrogens is 1. The van der Waals surface area contributed by atoms with Crippen LogP contribution in [0.2, 0.25) is 0 Å². The average molecular weight is 467 g/mol. The topological polar surface area (TPSA) is 60.6 Å². The van der Waals surface area contributed by atoms with E-state index >= 15 is 0 Å². The molecule has 33 heavy (non-hydrogen) atoms. The van der Waals surface area contributed by atoms with Gasteiger partial charge >= 0.3 is 0 Å². The Balaban J connectivity index is 1.82. The zero-order chi connectivity index (χ0) is 23.8. The second kappa shape index (κ2) is 11.8. The Morgan fingerprint density at radius 2 is 1.79 bits per heavy atom. The number of rotatable bonds is 10. The van der Waals surface area contributed by atoms with Gasteiger partial charge in [-0.25, -0.2) is 0 Å². The maximum atomic E-state index is 12.9. The molecular formula is C26H34N4O2S. The highest BCUT2D eigenvalue weighted by Crippen LogP contribution is 2.18. The number of fused-ring (bicyclic) bond motifs is 1. The van der Waals surface area contributed by atoms with E-state index in [1.54, 1.807) is 0 Å². The molecule has 7 heteroatoms. The lowest BCUT2D eigenvalue weighted by atomic mass is 10.1. The Hall–Kier alpha value is -2.90. The summed E-state index contributed by atoms with van der Waals surface area (Å²) in [6, 6.07) is 15.8. The van der Waals surface area contributed by atoms with Gasteiger partial charge in [0.15, 0.2) is 5.11 Å². The van der Waals surface area contributed by atoms with Crippen LogP contribution in [0.3, 0.4) is 0 Å². The molecule has 0 amide bonds. The van der Waals surface area contributed by atoms with E-state index in [1.807, 2.05) is 62.4 Å². The van der Waals surface area contributed by atoms with Gasteiger partial charge < -0.3 is 24.8 Å². The number of aromatic amines is 1. The van der Waals surface area contributed by atoms with Gasteiger partial charge in [-0.3, -0.25) is 4.79 Å². The van der Waals surface area contributed by atoms with E-state index in [2.05, 4.69) is 33.9 Å². The molecule has 0 aliphatic carbocycles. The molecule has 0 aliphatic rings. The van der Waals surface area contributed by atoms with Crippen LogP contribution in [0.4, 0.5) is 5.69 Å². The molecule has 0 radical (unpaired) electrons. The quantitative estimate of drug-likeness (QED) is 0.420. The molecule has 2 N–H and O–H groups in total. The Labute approximate surface area is 201 Å². The molecule has 6 nitrogen and oxygen atoms in total. The van der Waals surface area contributed by atoms with Crippen molar-refractivity contribution in [3.05, 3.63) is 70.0 Å². The summed E-state index contributed by atoms with van der Waals surface area (Å²) in [5.74, 6) is 0.824. The van der Waals surface area contributed by atoms with E-state index in [4.69, 9.17) is 17.0 Å². The summed E-state index contributed by atoms with van der Waals surface area (Å²) in [6.45, 7) is 12.9. The van der Waals surface area contributed by atoms with Gasteiger partial charge in [0.25, 0.3) is 5.56 Å². The van der Waals surface area contributed by atoms with Crippen molar-refractivity contribution in [2.45, 2.75) is 34.2 Å². The number of ether oxygens (including phenoxy) is 1. The van der Waals surface area contributed by atoms with Crippen LogP contribution in [-0.2, 0) is 6.54 Å². The van der Waals surface area contributed by atoms with Crippen molar-refractivity contribution in [3.8, 4) is 5.75 Å². The number of pyridine rings is 1. The van der Waals surface area contributed by atoms with E-state index in [0.717, 1.165) is 54.1 Å². The van der Waals surface area contributed by atoms with E-state index in [9.17, 15) is 4.79 Å². The Bertz CT molecular complexity index is 1120. The second-order valence-electron chi connectivity index (χ2n) is 8.00. The predicted molar refractivity (Wildman–Crippen MR) is 141 cm³/mol. The summed E-state index contributed by atoms with van der Waals surface area (Å²) in [4.78, 5) is 20.4. The fourth-order valence-corrected chi connectivity index (χ4v) is 4.08. The smallest absolute Gasteiger partial charge is 0.253 e. The fraction of sp³-hybridized carbons (Fsp3) is 0.385. The van der Waals surface area contributed by atoms with Crippen LogP contribution in [0, 0.1) is 6.92 Å². The SMILES string of the molecule is CCOc1ccc(NC(=S)N(CCN(CC)CC)Cc2cc3cccc(C)c3[nH]c2=O)cc1. The average Bonchev–Trinajstić information content (AvgIpc) is 2.81. The standard InChI is InChI=1S/C26H34N4O2S/c1-5-29(6-2)15-16-30(26(33)27-22-11-13-23(14-12-22)32-7-3)18-21-17-20-10-8-9-19(4)24(20)28-25(21)31/h8-14,17H,5-7,15-16,18H2,1-4H3,(H,27,33)(H,28,31). The summed E-state index contributed by atoms with van der Waals surface area (Å²) in [7, 11) is 0. The summed E-state index contributed by atoms with van der Waals surface area (Å²) in [5.41, 5.74) is 3.45. The lowest BCUT2D eigenvalue weighted by Crippen LogP contribution is -2.41. The van der Waals surface area contributed by atoms with Crippen molar-refractivity contribution in [1.29, 1.82) is 0 Å². The van der Waals surface area contributed by atoms with Crippen LogP contribution in [0.15, 0.2) is 53.3 Å².